The second-order valence-corrected chi connectivity index (χ2v) is 17.4. The summed E-state index contributed by atoms with van der Waals surface area (Å²) in [4.78, 5) is 35.0. The second-order valence-electron chi connectivity index (χ2n) is 16.9. The van der Waals surface area contributed by atoms with Gasteiger partial charge in [0.25, 0.3) is 5.91 Å². The molecule has 0 radical (unpaired) electrons. The topological polar surface area (TPSA) is 95.8 Å². The van der Waals surface area contributed by atoms with Crippen molar-refractivity contribution in [2.45, 2.75) is 118 Å². The predicted molar refractivity (Wildman–Crippen MR) is 198 cm³/mol. The van der Waals surface area contributed by atoms with E-state index < -0.39 is 5.60 Å². The average molecular weight is 711 g/mol. The maximum Gasteiger partial charge on any atom is 0.410 e. The summed E-state index contributed by atoms with van der Waals surface area (Å²) in [7, 11) is 0. The van der Waals surface area contributed by atoms with Crippen molar-refractivity contribution in [3.8, 4) is 23.7 Å². The van der Waals surface area contributed by atoms with Gasteiger partial charge in [0.1, 0.15) is 29.2 Å². The number of likely N-dealkylation sites (tertiary alicyclic amines) is 1. The van der Waals surface area contributed by atoms with Crippen LogP contribution in [0, 0.1) is 45.8 Å². The van der Waals surface area contributed by atoms with Gasteiger partial charge in [0.15, 0.2) is 0 Å². The van der Waals surface area contributed by atoms with Crippen molar-refractivity contribution < 1.29 is 19.1 Å². The highest BCUT2D eigenvalue weighted by atomic mass is 35.5. The van der Waals surface area contributed by atoms with Crippen LogP contribution in [-0.4, -0.2) is 57.6 Å². The summed E-state index contributed by atoms with van der Waals surface area (Å²) < 4.78 is 12.1. The molecule has 0 N–H and O–H groups in total. The number of allylic oxidation sites excluding steroid dienone is 1. The van der Waals surface area contributed by atoms with Gasteiger partial charge in [-0.3, -0.25) is 4.79 Å². The maximum absolute atomic E-state index is 13.7. The highest BCUT2D eigenvalue weighted by molar-refractivity contribution is 6.31. The number of fused-ring (bicyclic) bond motifs is 1. The highest BCUT2D eigenvalue weighted by Gasteiger charge is 2.67. The van der Waals surface area contributed by atoms with Crippen LogP contribution in [-0.2, 0) is 11.3 Å². The van der Waals surface area contributed by atoms with Crippen LogP contribution in [0.15, 0.2) is 42.0 Å². The third-order valence-corrected chi connectivity index (χ3v) is 11.4. The number of nitrogens with zero attached hydrogens (tertiary/aromatic N) is 4. The normalized spacial score (nSPS) is 26.3. The lowest BCUT2D eigenvalue weighted by molar-refractivity contribution is -0.199. The van der Waals surface area contributed by atoms with Gasteiger partial charge in [-0.15, -0.1) is 0 Å². The third-order valence-electron chi connectivity index (χ3n) is 11.1. The first kappa shape index (κ1) is 36.8. The minimum Gasteiger partial charge on any atom is -0.489 e. The summed E-state index contributed by atoms with van der Waals surface area (Å²) in [5.74, 6) is 8.36. The Balaban J connectivity index is 1.03. The molecule has 0 spiro atoms. The summed E-state index contributed by atoms with van der Waals surface area (Å²) in [5, 5.41) is 9.60. The van der Waals surface area contributed by atoms with E-state index in [4.69, 9.17) is 26.1 Å². The first-order chi connectivity index (χ1) is 24.1. The molecule has 6 rings (SSSR count). The van der Waals surface area contributed by atoms with Gasteiger partial charge in [0.2, 0.25) is 0 Å². The Hall–Kier alpha value is -4.01. The molecule has 4 aliphatic rings. The summed E-state index contributed by atoms with van der Waals surface area (Å²) in [5.41, 5.74) is 2.88. The fourth-order valence-electron chi connectivity index (χ4n) is 9.12. The molecule has 2 aliphatic heterocycles. The Morgan fingerprint density at radius 1 is 1.04 bits per heavy atom. The van der Waals surface area contributed by atoms with Crippen LogP contribution in [0.2, 0.25) is 5.02 Å². The van der Waals surface area contributed by atoms with Crippen LogP contribution in [0.25, 0.3) is 0 Å². The summed E-state index contributed by atoms with van der Waals surface area (Å²) in [6.45, 7) is 16.2. The van der Waals surface area contributed by atoms with Crippen LogP contribution in [0.1, 0.15) is 121 Å². The van der Waals surface area contributed by atoms with Crippen LogP contribution >= 0.6 is 11.6 Å². The zero-order valence-electron chi connectivity index (χ0n) is 31.1. The number of aromatic nitrogens is 1. The number of hydrogen-bond acceptors (Lipinski definition) is 6. The molecule has 270 valence electrons. The van der Waals surface area contributed by atoms with E-state index in [-0.39, 0.29) is 35.0 Å². The fraction of sp³-hybridized carbons (Fsp3) is 0.571. The molecule has 1 aromatic carbocycles. The first-order valence-electron chi connectivity index (χ1n) is 18.4. The van der Waals surface area contributed by atoms with Crippen molar-refractivity contribution >= 4 is 23.6 Å². The van der Waals surface area contributed by atoms with E-state index in [1.54, 1.807) is 18.2 Å². The van der Waals surface area contributed by atoms with Crippen molar-refractivity contribution in [3.63, 3.8) is 0 Å². The van der Waals surface area contributed by atoms with Crippen LogP contribution in [0.5, 0.6) is 5.75 Å². The molecule has 0 unspecified atom stereocenters. The number of nitriles is 1. The second kappa shape index (κ2) is 14.2. The number of hydrogen-bond donors (Lipinski definition) is 0. The van der Waals surface area contributed by atoms with Crippen molar-refractivity contribution in [1.29, 1.82) is 5.26 Å². The maximum atomic E-state index is 13.7. The Kier molecular flexibility index (Phi) is 10.2. The average Bonchev–Trinajstić information content (AvgIpc) is 3.20. The Morgan fingerprint density at radius 3 is 2.43 bits per heavy atom. The molecule has 2 aromatic rings. The van der Waals surface area contributed by atoms with Crippen LogP contribution in [0.3, 0.4) is 0 Å². The molecule has 3 fully saturated rings. The van der Waals surface area contributed by atoms with E-state index in [1.807, 2.05) is 42.7 Å². The Labute approximate surface area is 308 Å². The minimum atomic E-state index is -0.474. The SMILES string of the molecule is CC(C)(C)OC(=O)N1CCC/C(=C/[C@H]2CC[C@H](C#Cc3ccc4c(n3)CN([C@H]3C(C)(C)[C@H](Oc5ccc(C#N)c(Cl)c5)C3(C)C)C4=O)CC2)CC1. The molecule has 2 aliphatic carbocycles. The van der Waals surface area contributed by atoms with Crippen molar-refractivity contribution in [3.05, 3.63) is 69.5 Å². The monoisotopic (exact) mass is 710 g/mol. The van der Waals surface area contributed by atoms with Crippen molar-refractivity contribution in [2.24, 2.45) is 22.7 Å². The predicted octanol–water partition coefficient (Wildman–Crippen LogP) is 8.95. The van der Waals surface area contributed by atoms with E-state index in [2.05, 4.69) is 51.7 Å². The van der Waals surface area contributed by atoms with Crippen LogP contribution in [0.4, 0.5) is 4.79 Å². The summed E-state index contributed by atoms with van der Waals surface area (Å²) in [6, 6.07) is 10.9. The largest absolute Gasteiger partial charge is 0.489 e. The number of benzene rings is 1. The lowest BCUT2D eigenvalue weighted by atomic mass is 9.49. The lowest BCUT2D eigenvalue weighted by Crippen LogP contribution is -2.74. The van der Waals surface area contributed by atoms with E-state index in [0.29, 0.717) is 46.0 Å². The number of rotatable bonds is 4. The standard InChI is InChI=1S/C42H51ClN4O4/c1-40(2,3)51-39(49)46-21-8-9-28(20-22-46)23-29-12-10-27(11-13-29)14-16-31-17-19-33-35(45-31)26-47(36(33)48)37-41(4,5)38(42(37,6)7)50-32-18-15-30(25-44)34(43)24-32/h15,17-19,23-24,27,29,37-38H,8-13,20-22,26H2,1-7H3/b28-23-/t27-,29-,37-,38-. The van der Waals surface area contributed by atoms with Crippen molar-refractivity contribution in [2.75, 3.05) is 13.1 Å². The van der Waals surface area contributed by atoms with Gasteiger partial charge in [-0.2, -0.15) is 5.26 Å². The first-order valence-corrected chi connectivity index (χ1v) is 18.8. The number of ether oxygens (including phenoxy) is 2. The molecule has 1 aromatic heterocycles. The smallest absolute Gasteiger partial charge is 0.410 e. The quantitative estimate of drug-likeness (QED) is 0.232. The zero-order chi connectivity index (χ0) is 36.7. The number of carbonyl (C=O) groups is 2. The molecule has 2 amide bonds. The lowest BCUT2D eigenvalue weighted by Gasteiger charge is -2.65. The van der Waals surface area contributed by atoms with Gasteiger partial charge >= 0.3 is 6.09 Å². The minimum absolute atomic E-state index is 0.00156. The van der Waals surface area contributed by atoms with Crippen LogP contribution < -0.4 is 4.74 Å². The van der Waals surface area contributed by atoms with E-state index >= 15 is 0 Å². The Bertz CT molecular complexity index is 1800. The molecule has 8 nitrogen and oxygen atoms in total. The van der Waals surface area contributed by atoms with Gasteiger partial charge in [-0.25, -0.2) is 9.78 Å². The molecular formula is C42H51ClN4O4. The molecular weight excluding hydrogens is 660 g/mol. The highest BCUT2D eigenvalue weighted by Crippen LogP contribution is 2.59. The molecule has 9 heteroatoms. The molecule has 1 saturated heterocycles. The molecule has 0 bridgehead atoms. The molecule has 3 heterocycles. The van der Waals surface area contributed by atoms with E-state index in [0.717, 1.165) is 63.7 Å². The third kappa shape index (κ3) is 7.77. The summed E-state index contributed by atoms with van der Waals surface area (Å²) in [6.07, 6.45) is 9.41. The Morgan fingerprint density at radius 2 is 1.76 bits per heavy atom. The zero-order valence-corrected chi connectivity index (χ0v) is 31.9. The van der Waals surface area contributed by atoms with Gasteiger partial charge in [-0.1, -0.05) is 56.9 Å². The van der Waals surface area contributed by atoms with Gasteiger partial charge in [0, 0.05) is 41.9 Å². The number of pyridine rings is 1. The van der Waals surface area contributed by atoms with Gasteiger partial charge in [-0.05, 0) is 102 Å². The number of amides is 2. The van der Waals surface area contributed by atoms with Gasteiger partial charge < -0.3 is 19.3 Å². The molecule has 51 heavy (non-hydrogen) atoms. The molecule has 0 atom stereocenters. The number of halogens is 1. The van der Waals surface area contributed by atoms with E-state index in [1.165, 1.54) is 5.57 Å². The van der Waals surface area contributed by atoms with Gasteiger partial charge in [0.05, 0.1) is 28.4 Å². The summed E-state index contributed by atoms with van der Waals surface area (Å²) >= 11 is 6.28. The fourth-order valence-corrected chi connectivity index (χ4v) is 9.33. The van der Waals surface area contributed by atoms with Crippen molar-refractivity contribution in [1.82, 2.24) is 14.8 Å². The molecule has 2 saturated carbocycles. The number of carbonyl (C=O) groups excluding carboxylic acids is 2. The van der Waals surface area contributed by atoms with E-state index in [9.17, 15) is 14.9 Å².